The SMILES string of the molecule is CCCCC(NC(C)C(=O)NCCC)C(=O)OC. The van der Waals surface area contributed by atoms with Gasteiger partial charge in [-0.1, -0.05) is 26.7 Å². The van der Waals surface area contributed by atoms with Crippen LogP contribution in [0.15, 0.2) is 0 Å². The summed E-state index contributed by atoms with van der Waals surface area (Å²) in [5.41, 5.74) is 0. The zero-order valence-corrected chi connectivity index (χ0v) is 11.9. The van der Waals surface area contributed by atoms with Gasteiger partial charge in [0.1, 0.15) is 6.04 Å². The molecule has 5 heteroatoms. The molecule has 2 N–H and O–H groups in total. The summed E-state index contributed by atoms with van der Waals surface area (Å²) in [6.45, 7) is 6.47. The van der Waals surface area contributed by atoms with Gasteiger partial charge in [0.2, 0.25) is 5.91 Å². The third-order valence-corrected chi connectivity index (χ3v) is 2.73. The highest BCUT2D eigenvalue weighted by Crippen LogP contribution is 2.03. The third-order valence-electron chi connectivity index (χ3n) is 2.73. The molecule has 18 heavy (non-hydrogen) atoms. The van der Waals surface area contributed by atoms with E-state index >= 15 is 0 Å². The average molecular weight is 258 g/mol. The molecule has 0 aromatic heterocycles. The minimum Gasteiger partial charge on any atom is -0.468 e. The van der Waals surface area contributed by atoms with Crippen molar-refractivity contribution in [3.05, 3.63) is 0 Å². The number of unbranched alkanes of at least 4 members (excludes halogenated alkanes) is 1. The van der Waals surface area contributed by atoms with Crippen LogP contribution in [-0.2, 0) is 14.3 Å². The zero-order valence-electron chi connectivity index (χ0n) is 11.9. The largest absolute Gasteiger partial charge is 0.468 e. The summed E-state index contributed by atoms with van der Waals surface area (Å²) in [5, 5.41) is 5.82. The first-order chi connectivity index (χ1) is 8.56. The first kappa shape index (κ1) is 16.9. The number of nitrogens with one attached hydrogen (secondary N) is 2. The van der Waals surface area contributed by atoms with Gasteiger partial charge in [0.25, 0.3) is 0 Å². The molecule has 2 atom stereocenters. The van der Waals surface area contributed by atoms with Crippen molar-refractivity contribution < 1.29 is 14.3 Å². The van der Waals surface area contributed by atoms with E-state index in [4.69, 9.17) is 4.74 Å². The predicted molar refractivity (Wildman–Crippen MR) is 71.2 cm³/mol. The molecule has 1 amide bonds. The molecule has 0 aliphatic heterocycles. The minimum atomic E-state index is -0.405. The maximum absolute atomic E-state index is 11.7. The molecule has 5 nitrogen and oxygen atoms in total. The maximum Gasteiger partial charge on any atom is 0.322 e. The molecule has 0 aliphatic carbocycles. The molecule has 0 spiro atoms. The highest BCUT2D eigenvalue weighted by atomic mass is 16.5. The van der Waals surface area contributed by atoms with Gasteiger partial charge in [-0.3, -0.25) is 14.9 Å². The molecule has 0 rings (SSSR count). The topological polar surface area (TPSA) is 67.4 Å². The van der Waals surface area contributed by atoms with Gasteiger partial charge in [0.15, 0.2) is 0 Å². The lowest BCUT2D eigenvalue weighted by Gasteiger charge is -2.20. The third kappa shape index (κ3) is 6.59. The Bertz CT molecular complexity index is 257. The average Bonchev–Trinajstić information content (AvgIpc) is 2.39. The maximum atomic E-state index is 11.7. The zero-order chi connectivity index (χ0) is 14.0. The van der Waals surface area contributed by atoms with Crippen molar-refractivity contribution in [1.29, 1.82) is 0 Å². The Balaban J connectivity index is 4.28. The number of esters is 1. The summed E-state index contributed by atoms with van der Waals surface area (Å²) < 4.78 is 4.74. The molecule has 0 aromatic carbocycles. The van der Waals surface area contributed by atoms with E-state index in [2.05, 4.69) is 17.6 Å². The fraction of sp³-hybridized carbons (Fsp3) is 0.846. The van der Waals surface area contributed by atoms with Crippen LogP contribution in [0.25, 0.3) is 0 Å². The second-order valence-electron chi connectivity index (χ2n) is 4.40. The van der Waals surface area contributed by atoms with E-state index in [0.717, 1.165) is 19.3 Å². The molecule has 0 heterocycles. The van der Waals surface area contributed by atoms with Gasteiger partial charge >= 0.3 is 5.97 Å². The fourth-order valence-electron chi connectivity index (χ4n) is 1.60. The van der Waals surface area contributed by atoms with Crippen LogP contribution in [0.5, 0.6) is 0 Å². The lowest BCUT2D eigenvalue weighted by Crippen LogP contribution is -2.49. The first-order valence-corrected chi connectivity index (χ1v) is 6.68. The standard InChI is InChI=1S/C13H26N2O3/c1-5-7-8-11(13(17)18-4)15-10(3)12(16)14-9-6-2/h10-11,15H,5-9H2,1-4H3,(H,14,16). The lowest BCUT2D eigenvalue weighted by molar-refractivity contribution is -0.143. The molecule has 0 saturated carbocycles. The smallest absolute Gasteiger partial charge is 0.322 e. The van der Waals surface area contributed by atoms with Crippen LogP contribution >= 0.6 is 0 Å². The van der Waals surface area contributed by atoms with Gasteiger partial charge in [-0.2, -0.15) is 0 Å². The molecule has 0 aliphatic rings. The van der Waals surface area contributed by atoms with Crippen LogP contribution in [0.3, 0.4) is 0 Å². The molecular weight excluding hydrogens is 232 g/mol. The Kier molecular flexibility index (Phi) is 9.28. The van der Waals surface area contributed by atoms with Crippen LogP contribution in [0.1, 0.15) is 46.5 Å². The van der Waals surface area contributed by atoms with E-state index in [1.54, 1.807) is 6.92 Å². The van der Waals surface area contributed by atoms with Gasteiger partial charge in [0.05, 0.1) is 13.2 Å². The van der Waals surface area contributed by atoms with Crippen molar-refractivity contribution in [2.24, 2.45) is 0 Å². The van der Waals surface area contributed by atoms with Crippen molar-refractivity contribution in [1.82, 2.24) is 10.6 Å². The second kappa shape index (κ2) is 9.88. The molecule has 2 unspecified atom stereocenters. The van der Waals surface area contributed by atoms with Gasteiger partial charge in [-0.25, -0.2) is 0 Å². The first-order valence-electron chi connectivity index (χ1n) is 6.68. The van der Waals surface area contributed by atoms with Crippen molar-refractivity contribution in [3.63, 3.8) is 0 Å². The van der Waals surface area contributed by atoms with Gasteiger partial charge in [-0.15, -0.1) is 0 Å². The number of hydrogen-bond donors (Lipinski definition) is 2. The van der Waals surface area contributed by atoms with E-state index in [0.29, 0.717) is 13.0 Å². The van der Waals surface area contributed by atoms with Crippen LogP contribution in [-0.4, -0.2) is 37.6 Å². The summed E-state index contributed by atoms with van der Waals surface area (Å²) in [6.07, 6.45) is 3.52. The van der Waals surface area contributed by atoms with Crippen molar-refractivity contribution in [3.8, 4) is 0 Å². The van der Waals surface area contributed by atoms with E-state index in [-0.39, 0.29) is 11.9 Å². The fourth-order valence-corrected chi connectivity index (χ4v) is 1.60. The van der Waals surface area contributed by atoms with E-state index in [1.807, 2.05) is 6.92 Å². The van der Waals surface area contributed by atoms with Crippen molar-refractivity contribution in [2.45, 2.75) is 58.5 Å². The number of carbonyl (C=O) groups excluding carboxylic acids is 2. The Morgan fingerprint density at radius 3 is 2.39 bits per heavy atom. The van der Waals surface area contributed by atoms with Crippen LogP contribution in [0, 0.1) is 0 Å². The van der Waals surface area contributed by atoms with Gasteiger partial charge in [-0.05, 0) is 19.8 Å². The Morgan fingerprint density at radius 2 is 1.89 bits per heavy atom. The molecule has 106 valence electrons. The van der Waals surface area contributed by atoms with Crippen LogP contribution in [0.4, 0.5) is 0 Å². The van der Waals surface area contributed by atoms with Gasteiger partial charge < -0.3 is 10.1 Å². The molecule has 0 fully saturated rings. The molecular formula is C13H26N2O3. The summed E-state index contributed by atoms with van der Waals surface area (Å²) >= 11 is 0. The van der Waals surface area contributed by atoms with Crippen molar-refractivity contribution in [2.75, 3.05) is 13.7 Å². The van der Waals surface area contributed by atoms with Crippen LogP contribution < -0.4 is 10.6 Å². The summed E-state index contributed by atoms with van der Waals surface area (Å²) in [7, 11) is 1.37. The number of amides is 1. The Labute approximate surface area is 110 Å². The summed E-state index contributed by atoms with van der Waals surface area (Å²) in [6, 6.07) is -0.796. The number of ether oxygens (including phenoxy) is 1. The predicted octanol–water partition coefficient (Wildman–Crippen LogP) is 1.22. The summed E-state index contributed by atoms with van der Waals surface area (Å²) in [4.78, 5) is 23.3. The Hall–Kier alpha value is -1.10. The number of hydrogen-bond acceptors (Lipinski definition) is 4. The highest BCUT2D eigenvalue weighted by Gasteiger charge is 2.23. The second-order valence-corrected chi connectivity index (χ2v) is 4.40. The molecule has 0 radical (unpaired) electrons. The normalized spacial score (nSPS) is 13.8. The number of carbonyl (C=O) groups is 2. The summed E-state index contributed by atoms with van der Waals surface area (Å²) in [5.74, 6) is -0.388. The van der Waals surface area contributed by atoms with Gasteiger partial charge in [0, 0.05) is 6.54 Å². The molecule has 0 aromatic rings. The van der Waals surface area contributed by atoms with Crippen molar-refractivity contribution >= 4 is 11.9 Å². The number of rotatable bonds is 9. The van der Waals surface area contributed by atoms with E-state index in [1.165, 1.54) is 7.11 Å². The highest BCUT2D eigenvalue weighted by molar-refractivity contribution is 5.83. The van der Waals surface area contributed by atoms with E-state index in [9.17, 15) is 9.59 Å². The molecule has 0 saturated heterocycles. The number of methoxy groups -OCH3 is 1. The quantitative estimate of drug-likeness (QED) is 0.610. The van der Waals surface area contributed by atoms with Crippen LogP contribution in [0.2, 0.25) is 0 Å². The Morgan fingerprint density at radius 1 is 1.22 bits per heavy atom. The minimum absolute atomic E-state index is 0.0812. The molecule has 0 bridgehead atoms. The van der Waals surface area contributed by atoms with E-state index < -0.39 is 12.1 Å². The monoisotopic (exact) mass is 258 g/mol. The lowest BCUT2D eigenvalue weighted by atomic mass is 10.1.